The molecule has 1 rings (SSSR count). The smallest absolute Gasteiger partial charge is 0.514 e. The van der Waals surface area contributed by atoms with E-state index >= 15 is 0 Å². The third kappa shape index (κ3) is 6.38. The Balaban J connectivity index is 3.34. The number of hydrogen-bond acceptors (Lipinski definition) is 6. The van der Waals surface area contributed by atoms with E-state index in [1.807, 2.05) is 6.92 Å². The molecule has 0 aliphatic rings. The molecule has 0 saturated carbocycles. The molecule has 144 valence electrons. The van der Waals surface area contributed by atoms with Crippen molar-refractivity contribution < 1.29 is 28.4 Å². The molecular formula is C19H26O6S. The quantitative estimate of drug-likeness (QED) is 0.302. The van der Waals surface area contributed by atoms with Crippen LogP contribution < -0.4 is 4.74 Å². The SMILES string of the molecule is C=Cc1ccc([S+](C)[O-])c(C(=O)OCCCC)c1OC(=O)OC(C)(C)C. The predicted molar refractivity (Wildman–Crippen MR) is 101 cm³/mol. The largest absolute Gasteiger partial charge is 0.612 e. The van der Waals surface area contributed by atoms with Gasteiger partial charge in [-0.3, -0.25) is 0 Å². The van der Waals surface area contributed by atoms with Gasteiger partial charge in [-0.2, -0.15) is 0 Å². The lowest BCUT2D eigenvalue weighted by Gasteiger charge is -2.20. The van der Waals surface area contributed by atoms with E-state index in [-0.39, 0.29) is 22.8 Å². The molecule has 1 unspecified atom stereocenters. The number of benzene rings is 1. The van der Waals surface area contributed by atoms with Crippen LogP contribution in [0.3, 0.4) is 0 Å². The highest BCUT2D eigenvalue weighted by Gasteiger charge is 2.29. The number of ether oxygens (including phenoxy) is 3. The van der Waals surface area contributed by atoms with Crippen molar-refractivity contribution in [2.45, 2.75) is 51.0 Å². The average molecular weight is 382 g/mol. The van der Waals surface area contributed by atoms with E-state index in [0.29, 0.717) is 12.0 Å². The minimum atomic E-state index is -1.49. The van der Waals surface area contributed by atoms with Crippen molar-refractivity contribution in [2.75, 3.05) is 12.9 Å². The monoisotopic (exact) mass is 382 g/mol. The van der Waals surface area contributed by atoms with E-state index in [2.05, 4.69) is 6.58 Å². The van der Waals surface area contributed by atoms with Gasteiger partial charge in [0.05, 0.1) is 6.61 Å². The average Bonchev–Trinajstić information content (AvgIpc) is 2.52. The minimum absolute atomic E-state index is 0.0507. The first-order valence-corrected chi connectivity index (χ1v) is 9.87. The Bertz CT molecular complexity index is 661. The van der Waals surface area contributed by atoms with Crippen LogP contribution in [0.4, 0.5) is 4.79 Å². The van der Waals surface area contributed by atoms with E-state index in [1.165, 1.54) is 18.4 Å². The summed E-state index contributed by atoms with van der Waals surface area (Å²) in [5, 5.41) is 0. The highest BCUT2D eigenvalue weighted by atomic mass is 32.2. The van der Waals surface area contributed by atoms with Crippen LogP contribution in [-0.4, -0.2) is 35.1 Å². The second-order valence-electron chi connectivity index (χ2n) is 6.57. The van der Waals surface area contributed by atoms with Crippen molar-refractivity contribution in [1.29, 1.82) is 0 Å². The van der Waals surface area contributed by atoms with Gasteiger partial charge in [0.2, 0.25) is 0 Å². The van der Waals surface area contributed by atoms with Gasteiger partial charge in [-0.1, -0.05) is 26.0 Å². The second kappa shape index (κ2) is 9.64. The molecule has 7 heteroatoms. The molecule has 0 aromatic heterocycles. The molecule has 0 saturated heterocycles. The van der Waals surface area contributed by atoms with Crippen LogP contribution in [0.5, 0.6) is 5.75 Å². The van der Waals surface area contributed by atoms with E-state index < -0.39 is 28.9 Å². The third-order valence-corrected chi connectivity index (χ3v) is 4.15. The van der Waals surface area contributed by atoms with Gasteiger partial charge in [0.25, 0.3) is 0 Å². The van der Waals surface area contributed by atoms with Crippen molar-refractivity contribution in [3.8, 4) is 5.75 Å². The first-order valence-electron chi connectivity index (χ1n) is 8.31. The van der Waals surface area contributed by atoms with Crippen LogP contribution in [0, 0.1) is 0 Å². The highest BCUT2D eigenvalue weighted by Crippen LogP contribution is 2.32. The van der Waals surface area contributed by atoms with Crippen molar-refractivity contribution in [2.24, 2.45) is 0 Å². The lowest BCUT2D eigenvalue weighted by molar-refractivity contribution is 0.0201. The summed E-state index contributed by atoms with van der Waals surface area (Å²) < 4.78 is 27.8. The van der Waals surface area contributed by atoms with Crippen molar-refractivity contribution >= 4 is 29.4 Å². The van der Waals surface area contributed by atoms with Gasteiger partial charge in [0.1, 0.15) is 11.9 Å². The lowest BCUT2D eigenvalue weighted by Crippen LogP contribution is -2.27. The van der Waals surface area contributed by atoms with Crippen molar-refractivity contribution in [3.63, 3.8) is 0 Å². The summed E-state index contributed by atoms with van der Waals surface area (Å²) in [6, 6.07) is 3.11. The lowest BCUT2D eigenvalue weighted by atomic mass is 10.1. The summed E-state index contributed by atoms with van der Waals surface area (Å²) in [5.41, 5.74) is -0.420. The zero-order chi connectivity index (χ0) is 19.9. The fraction of sp³-hybridized carbons (Fsp3) is 0.474. The molecule has 0 aliphatic heterocycles. The Labute approximate surface area is 157 Å². The summed E-state index contributed by atoms with van der Waals surface area (Å²) in [7, 11) is 0. The van der Waals surface area contributed by atoms with E-state index in [0.717, 1.165) is 6.42 Å². The Morgan fingerprint density at radius 1 is 1.31 bits per heavy atom. The minimum Gasteiger partial charge on any atom is -0.612 e. The number of hydrogen-bond donors (Lipinski definition) is 0. The molecule has 0 amide bonds. The van der Waals surface area contributed by atoms with Crippen molar-refractivity contribution in [3.05, 3.63) is 29.8 Å². The predicted octanol–water partition coefficient (Wildman–Crippen LogP) is 4.34. The van der Waals surface area contributed by atoms with E-state index in [1.54, 1.807) is 26.8 Å². The van der Waals surface area contributed by atoms with Gasteiger partial charge in [-0.05, 0) is 50.5 Å². The Hall–Kier alpha value is -1.99. The molecule has 0 fully saturated rings. The number of esters is 1. The van der Waals surface area contributed by atoms with E-state index in [9.17, 15) is 14.1 Å². The van der Waals surface area contributed by atoms with Crippen LogP contribution in [0.2, 0.25) is 0 Å². The second-order valence-corrected chi connectivity index (χ2v) is 7.92. The molecule has 1 aromatic rings. The zero-order valence-electron chi connectivity index (χ0n) is 15.9. The number of carbonyl (C=O) groups excluding carboxylic acids is 2. The molecule has 1 atom stereocenters. The summed E-state index contributed by atoms with van der Waals surface area (Å²) >= 11 is -1.49. The Morgan fingerprint density at radius 2 is 1.96 bits per heavy atom. The third-order valence-electron chi connectivity index (χ3n) is 3.19. The fourth-order valence-electron chi connectivity index (χ4n) is 2.02. The maximum absolute atomic E-state index is 12.6. The first kappa shape index (κ1) is 22.1. The first-order chi connectivity index (χ1) is 12.1. The molecule has 0 heterocycles. The maximum atomic E-state index is 12.6. The highest BCUT2D eigenvalue weighted by molar-refractivity contribution is 7.90. The van der Waals surface area contributed by atoms with Gasteiger partial charge in [0, 0.05) is 5.56 Å². The molecule has 0 N–H and O–H groups in total. The van der Waals surface area contributed by atoms with Gasteiger partial charge in [-0.15, -0.1) is 0 Å². The van der Waals surface area contributed by atoms with Gasteiger partial charge in [-0.25, -0.2) is 9.59 Å². The van der Waals surface area contributed by atoms with Crippen LogP contribution in [0.25, 0.3) is 6.08 Å². The number of carbonyl (C=O) groups is 2. The molecule has 1 aromatic carbocycles. The molecule has 0 aliphatic carbocycles. The Kier molecular flexibility index (Phi) is 8.17. The molecule has 6 nitrogen and oxygen atoms in total. The maximum Gasteiger partial charge on any atom is 0.514 e. The fourth-order valence-corrected chi connectivity index (χ4v) is 2.74. The van der Waals surface area contributed by atoms with E-state index in [4.69, 9.17) is 14.2 Å². The molecule has 0 radical (unpaired) electrons. The van der Waals surface area contributed by atoms with Crippen LogP contribution in [-0.2, 0) is 20.6 Å². The Morgan fingerprint density at radius 3 is 2.46 bits per heavy atom. The summed E-state index contributed by atoms with van der Waals surface area (Å²) in [5.74, 6) is -0.769. The van der Waals surface area contributed by atoms with Crippen LogP contribution in [0.15, 0.2) is 23.6 Å². The molecular weight excluding hydrogens is 356 g/mol. The summed E-state index contributed by atoms with van der Waals surface area (Å²) in [4.78, 5) is 24.9. The van der Waals surface area contributed by atoms with Crippen LogP contribution in [0.1, 0.15) is 56.5 Å². The summed E-state index contributed by atoms with van der Waals surface area (Å²) in [6.07, 6.45) is 3.45. The number of rotatable bonds is 7. The molecule has 26 heavy (non-hydrogen) atoms. The molecule has 0 bridgehead atoms. The van der Waals surface area contributed by atoms with Gasteiger partial charge < -0.3 is 18.8 Å². The van der Waals surface area contributed by atoms with Gasteiger partial charge >= 0.3 is 12.1 Å². The van der Waals surface area contributed by atoms with Gasteiger partial charge in [0.15, 0.2) is 16.2 Å². The number of unbranched alkanes of at least 4 members (excludes halogenated alkanes) is 1. The van der Waals surface area contributed by atoms with Crippen LogP contribution >= 0.6 is 0 Å². The van der Waals surface area contributed by atoms with Crippen molar-refractivity contribution in [1.82, 2.24) is 0 Å². The summed E-state index contributed by atoms with van der Waals surface area (Å²) in [6.45, 7) is 10.9. The molecule has 0 spiro atoms. The standard InChI is InChI=1S/C19H26O6S/c1-7-9-12-23-17(20)15-14(26(6)22)11-10-13(8-2)16(15)24-18(21)25-19(3,4)5/h8,10-11H,2,7,9,12H2,1,3-6H3. The normalized spacial score (nSPS) is 12.2. The zero-order valence-corrected chi connectivity index (χ0v) is 16.7. The topological polar surface area (TPSA) is 84.9 Å².